The summed E-state index contributed by atoms with van der Waals surface area (Å²) in [5, 5.41) is 9.68. The largest absolute Gasteiger partial charge is 0.445 e. The molecule has 1 saturated carbocycles. The van der Waals surface area contributed by atoms with Crippen molar-refractivity contribution in [1.82, 2.24) is 4.90 Å². The van der Waals surface area contributed by atoms with Gasteiger partial charge in [-0.15, -0.1) is 0 Å². The van der Waals surface area contributed by atoms with Gasteiger partial charge in [0, 0.05) is 19.0 Å². The van der Waals surface area contributed by atoms with Gasteiger partial charge in [-0.1, -0.05) is 12.7 Å². The molecule has 1 amide bonds. The number of aliphatic hydroxyl groups excluding tert-OH is 1. The highest BCUT2D eigenvalue weighted by molar-refractivity contribution is 5.68. The predicted molar refractivity (Wildman–Crippen MR) is 55.3 cm³/mol. The van der Waals surface area contributed by atoms with E-state index >= 15 is 0 Å². The Bertz CT molecular complexity index is 267. The van der Waals surface area contributed by atoms with Crippen molar-refractivity contribution in [2.45, 2.75) is 18.9 Å². The van der Waals surface area contributed by atoms with Crippen molar-refractivity contribution in [3.63, 3.8) is 0 Å². The second kappa shape index (κ2) is 4.23. The highest BCUT2D eigenvalue weighted by Crippen LogP contribution is 2.38. The Kier molecular flexibility index (Phi) is 2.95. The summed E-state index contributed by atoms with van der Waals surface area (Å²) in [5.74, 6) is 0.734. The second-order valence-corrected chi connectivity index (χ2v) is 4.34. The number of aliphatic hydroxyl groups is 1. The van der Waals surface area contributed by atoms with Crippen LogP contribution < -0.4 is 0 Å². The number of ether oxygens (including phenoxy) is 1. The quantitative estimate of drug-likeness (QED) is 0.693. The Morgan fingerprint density at radius 3 is 3.00 bits per heavy atom. The van der Waals surface area contributed by atoms with Crippen LogP contribution in [0.4, 0.5) is 4.79 Å². The van der Waals surface area contributed by atoms with E-state index < -0.39 is 0 Å². The lowest BCUT2D eigenvalue weighted by molar-refractivity contribution is 0.104. The Balaban J connectivity index is 1.87. The first-order valence-corrected chi connectivity index (χ1v) is 5.43. The summed E-state index contributed by atoms with van der Waals surface area (Å²) in [6.07, 6.45) is 2.95. The average Bonchev–Trinajstić information content (AvgIpc) is 2.78. The van der Waals surface area contributed by atoms with Crippen molar-refractivity contribution in [2.75, 3.05) is 19.7 Å². The standard InChI is InChI=1S/C11H17NO3/c1-2-5-15-11(14)12-6-8-3-4-10(13)9(8)7-12/h2,8-10,13H,1,3-7H2. The zero-order valence-electron chi connectivity index (χ0n) is 8.76. The molecule has 1 N–H and O–H groups in total. The number of fused-ring (bicyclic) bond motifs is 1. The first-order valence-electron chi connectivity index (χ1n) is 5.43. The highest BCUT2D eigenvalue weighted by atomic mass is 16.6. The van der Waals surface area contributed by atoms with Crippen molar-refractivity contribution < 1.29 is 14.6 Å². The Morgan fingerprint density at radius 1 is 1.53 bits per heavy atom. The molecule has 2 rings (SSSR count). The molecule has 0 bridgehead atoms. The molecule has 3 unspecified atom stereocenters. The van der Waals surface area contributed by atoms with Crippen LogP contribution in [-0.4, -0.2) is 41.9 Å². The van der Waals surface area contributed by atoms with E-state index in [2.05, 4.69) is 6.58 Å². The maximum atomic E-state index is 11.5. The van der Waals surface area contributed by atoms with Crippen molar-refractivity contribution in [3.05, 3.63) is 12.7 Å². The number of likely N-dealkylation sites (tertiary alicyclic amines) is 1. The molecule has 0 aromatic rings. The van der Waals surface area contributed by atoms with Crippen LogP contribution in [0.3, 0.4) is 0 Å². The van der Waals surface area contributed by atoms with E-state index in [1.165, 1.54) is 0 Å². The SMILES string of the molecule is C=CCOC(=O)N1CC2CCC(O)C2C1. The highest BCUT2D eigenvalue weighted by Gasteiger charge is 2.43. The van der Waals surface area contributed by atoms with Gasteiger partial charge in [0.05, 0.1) is 6.10 Å². The second-order valence-electron chi connectivity index (χ2n) is 4.34. The molecule has 15 heavy (non-hydrogen) atoms. The summed E-state index contributed by atoms with van der Waals surface area (Å²) in [5.41, 5.74) is 0. The minimum atomic E-state index is -0.281. The van der Waals surface area contributed by atoms with E-state index in [9.17, 15) is 9.90 Å². The maximum absolute atomic E-state index is 11.5. The number of amides is 1. The number of carbonyl (C=O) groups excluding carboxylic acids is 1. The molecule has 0 radical (unpaired) electrons. The number of carbonyl (C=O) groups is 1. The molecule has 1 aliphatic carbocycles. The van der Waals surface area contributed by atoms with Crippen LogP contribution in [0, 0.1) is 11.8 Å². The van der Waals surface area contributed by atoms with Crippen molar-refractivity contribution in [2.24, 2.45) is 11.8 Å². The van der Waals surface area contributed by atoms with Crippen LogP contribution in [0.2, 0.25) is 0 Å². The summed E-state index contributed by atoms with van der Waals surface area (Å²) < 4.78 is 4.96. The smallest absolute Gasteiger partial charge is 0.410 e. The summed E-state index contributed by atoms with van der Waals surface area (Å²) in [7, 11) is 0. The molecule has 2 aliphatic rings. The first-order chi connectivity index (χ1) is 7.22. The molecular weight excluding hydrogens is 194 g/mol. The lowest BCUT2D eigenvalue weighted by Crippen LogP contribution is -2.31. The molecule has 0 aromatic carbocycles. The van der Waals surface area contributed by atoms with Gasteiger partial charge >= 0.3 is 6.09 Å². The van der Waals surface area contributed by atoms with E-state index in [4.69, 9.17) is 4.74 Å². The molecule has 1 saturated heterocycles. The van der Waals surface area contributed by atoms with Crippen molar-refractivity contribution in [1.29, 1.82) is 0 Å². The van der Waals surface area contributed by atoms with Crippen LogP contribution >= 0.6 is 0 Å². The lowest BCUT2D eigenvalue weighted by Gasteiger charge is -2.17. The average molecular weight is 211 g/mol. The summed E-state index contributed by atoms with van der Waals surface area (Å²) >= 11 is 0. The molecule has 0 aromatic heterocycles. The molecule has 4 nitrogen and oxygen atoms in total. The van der Waals surface area contributed by atoms with E-state index in [0.717, 1.165) is 19.4 Å². The summed E-state index contributed by atoms with van der Waals surface area (Å²) in [6.45, 7) is 5.12. The molecular formula is C11H17NO3. The Hall–Kier alpha value is -1.03. The van der Waals surface area contributed by atoms with E-state index in [1.807, 2.05) is 0 Å². The third-order valence-corrected chi connectivity index (χ3v) is 3.40. The normalized spacial score (nSPS) is 33.9. The van der Waals surface area contributed by atoms with Gasteiger partial charge < -0.3 is 14.7 Å². The minimum absolute atomic E-state index is 0.229. The van der Waals surface area contributed by atoms with E-state index in [0.29, 0.717) is 12.5 Å². The lowest BCUT2D eigenvalue weighted by atomic mass is 10.00. The molecule has 2 fully saturated rings. The van der Waals surface area contributed by atoms with Gasteiger partial charge in [-0.3, -0.25) is 0 Å². The van der Waals surface area contributed by atoms with Crippen LogP contribution in [0.15, 0.2) is 12.7 Å². The van der Waals surface area contributed by atoms with Gasteiger partial charge in [0.2, 0.25) is 0 Å². The molecule has 0 spiro atoms. The number of hydrogen-bond acceptors (Lipinski definition) is 3. The van der Waals surface area contributed by atoms with Crippen molar-refractivity contribution in [3.8, 4) is 0 Å². The number of hydrogen-bond donors (Lipinski definition) is 1. The number of nitrogens with zero attached hydrogens (tertiary/aromatic N) is 1. The first kappa shape index (κ1) is 10.5. The van der Waals surface area contributed by atoms with Crippen LogP contribution in [-0.2, 0) is 4.74 Å². The number of rotatable bonds is 2. The van der Waals surface area contributed by atoms with Gasteiger partial charge in [0.1, 0.15) is 6.61 Å². The van der Waals surface area contributed by atoms with Gasteiger partial charge in [-0.05, 0) is 18.8 Å². The monoisotopic (exact) mass is 211 g/mol. The third-order valence-electron chi connectivity index (χ3n) is 3.40. The maximum Gasteiger partial charge on any atom is 0.410 e. The van der Waals surface area contributed by atoms with Crippen LogP contribution in [0.1, 0.15) is 12.8 Å². The zero-order valence-corrected chi connectivity index (χ0v) is 8.76. The Labute approximate surface area is 89.5 Å². The van der Waals surface area contributed by atoms with E-state index in [-0.39, 0.29) is 24.7 Å². The van der Waals surface area contributed by atoms with Gasteiger partial charge in [-0.25, -0.2) is 4.79 Å². The van der Waals surface area contributed by atoms with Crippen LogP contribution in [0.25, 0.3) is 0 Å². The topological polar surface area (TPSA) is 49.8 Å². The fraction of sp³-hybridized carbons (Fsp3) is 0.727. The molecule has 4 heteroatoms. The molecule has 84 valence electrons. The molecule has 1 heterocycles. The Morgan fingerprint density at radius 2 is 2.33 bits per heavy atom. The van der Waals surface area contributed by atoms with E-state index in [1.54, 1.807) is 11.0 Å². The van der Waals surface area contributed by atoms with Crippen molar-refractivity contribution >= 4 is 6.09 Å². The van der Waals surface area contributed by atoms with Gasteiger partial charge in [0.15, 0.2) is 0 Å². The predicted octanol–water partition coefficient (Wildman–Crippen LogP) is 1.01. The fourth-order valence-electron chi connectivity index (χ4n) is 2.61. The zero-order chi connectivity index (χ0) is 10.8. The molecule has 3 atom stereocenters. The fourth-order valence-corrected chi connectivity index (χ4v) is 2.61. The minimum Gasteiger partial charge on any atom is -0.445 e. The summed E-state index contributed by atoms with van der Waals surface area (Å²) in [4.78, 5) is 13.2. The van der Waals surface area contributed by atoms with Gasteiger partial charge in [-0.2, -0.15) is 0 Å². The summed E-state index contributed by atoms with van der Waals surface area (Å²) in [6, 6.07) is 0. The van der Waals surface area contributed by atoms with Gasteiger partial charge in [0.25, 0.3) is 0 Å². The third kappa shape index (κ3) is 2.00. The molecule has 1 aliphatic heterocycles. The van der Waals surface area contributed by atoms with Crippen LogP contribution in [0.5, 0.6) is 0 Å².